The predicted molar refractivity (Wildman–Crippen MR) is 171 cm³/mol. The number of carbonyl (C=O) groups excluding carboxylic acids is 2. The van der Waals surface area contributed by atoms with Gasteiger partial charge in [0.25, 0.3) is 5.91 Å². The van der Waals surface area contributed by atoms with E-state index in [1.54, 1.807) is 37.1 Å². The number of amides is 1. The smallest absolute Gasteiger partial charge is 0.303 e. The molecular weight excluding hydrogens is 590 g/mol. The maximum atomic E-state index is 12.3. The van der Waals surface area contributed by atoms with Gasteiger partial charge in [0.15, 0.2) is 17.6 Å². The number of thioether (sulfide) groups is 1. The van der Waals surface area contributed by atoms with Crippen molar-refractivity contribution in [3.8, 4) is 11.1 Å². The summed E-state index contributed by atoms with van der Waals surface area (Å²) in [5, 5.41) is 13.0. The number of aliphatic hydroxyl groups is 1. The molecule has 10 heteroatoms. The summed E-state index contributed by atoms with van der Waals surface area (Å²) in [6.45, 7) is 5.26. The molecular formula is C35H37N3O6S. The molecule has 5 atom stereocenters. The first-order valence-electron chi connectivity index (χ1n) is 14.9. The van der Waals surface area contributed by atoms with Gasteiger partial charge in [0.2, 0.25) is 0 Å². The summed E-state index contributed by atoms with van der Waals surface area (Å²) in [5.74, 6) is -0.128. The van der Waals surface area contributed by atoms with Gasteiger partial charge in [-0.3, -0.25) is 9.59 Å². The Balaban J connectivity index is 1.31. The Bertz CT molecular complexity index is 1570. The lowest BCUT2D eigenvalue weighted by molar-refractivity contribution is -0.268. The van der Waals surface area contributed by atoms with Crippen LogP contribution in [0.4, 0.5) is 0 Å². The Morgan fingerprint density at radius 1 is 0.933 bits per heavy atom. The van der Waals surface area contributed by atoms with Crippen LogP contribution in [0.5, 0.6) is 0 Å². The summed E-state index contributed by atoms with van der Waals surface area (Å²) in [5.41, 5.74) is 5.71. The summed E-state index contributed by atoms with van der Waals surface area (Å²) in [7, 11) is 0. The molecule has 1 fully saturated rings. The van der Waals surface area contributed by atoms with Gasteiger partial charge >= 0.3 is 5.97 Å². The van der Waals surface area contributed by atoms with Crippen molar-refractivity contribution in [1.29, 1.82) is 0 Å². The second-order valence-corrected chi connectivity index (χ2v) is 11.9. The first-order chi connectivity index (χ1) is 21.8. The molecule has 4 aromatic rings. The molecule has 0 spiro atoms. The number of aromatic nitrogens is 2. The number of esters is 1. The molecule has 0 unspecified atom stereocenters. The molecule has 45 heavy (non-hydrogen) atoms. The molecule has 1 saturated heterocycles. The highest BCUT2D eigenvalue weighted by Gasteiger charge is 2.38. The minimum atomic E-state index is -0.852. The average molecular weight is 628 g/mol. The summed E-state index contributed by atoms with van der Waals surface area (Å²) >= 11 is 1.56. The van der Waals surface area contributed by atoms with Crippen LogP contribution in [0, 0.1) is 5.92 Å². The van der Waals surface area contributed by atoms with E-state index in [9.17, 15) is 14.7 Å². The largest absolute Gasteiger partial charge is 0.453 e. The number of hydrogen-bond acceptors (Lipinski definition) is 9. The van der Waals surface area contributed by atoms with Gasteiger partial charge in [-0.2, -0.15) is 0 Å². The molecule has 1 aliphatic heterocycles. The van der Waals surface area contributed by atoms with Gasteiger partial charge in [-0.1, -0.05) is 85.4 Å². The normalized spacial score (nSPS) is 20.3. The Hall–Kier alpha value is -4.09. The van der Waals surface area contributed by atoms with Crippen LogP contribution >= 0.6 is 11.8 Å². The van der Waals surface area contributed by atoms with Gasteiger partial charge in [-0.05, 0) is 46.9 Å². The van der Waals surface area contributed by atoms with Crippen LogP contribution in [0.1, 0.15) is 55.4 Å². The Kier molecular flexibility index (Phi) is 11.0. The Labute approximate surface area is 267 Å². The minimum Gasteiger partial charge on any atom is -0.453 e. The van der Waals surface area contributed by atoms with Gasteiger partial charge in [0.1, 0.15) is 0 Å². The van der Waals surface area contributed by atoms with Crippen LogP contribution in [-0.2, 0) is 37.0 Å². The van der Waals surface area contributed by atoms with E-state index in [4.69, 9.17) is 14.2 Å². The SMILES string of the molecule is CC(=O)O[C@@H](C)C(=O)NCc1cccc(-c2ccc([C@H]3O[C@@H](CSc4ncccn4)[C@@H](C)[C@@H](c4ccc(CO)cc4)O3)cc2)c1. The third kappa shape index (κ3) is 8.55. The molecule has 234 valence electrons. The van der Waals surface area contributed by atoms with E-state index in [2.05, 4.69) is 22.2 Å². The third-order valence-corrected chi connectivity index (χ3v) is 8.63. The molecule has 0 radical (unpaired) electrons. The second kappa shape index (κ2) is 15.3. The number of ether oxygens (including phenoxy) is 3. The highest BCUT2D eigenvalue weighted by molar-refractivity contribution is 7.99. The van der Waals surface area contributed by atoms with Crippen molar-refractivity contribution in [2.45, 2.75) is 63.7 Å². The second-order valence-electron chi connectivity index (χ2n) is 11.0. The molecule has 1 aliphatic rings. The van der Waals surface area contributed by atoms with E-state index in [1.165, 1.54) is 6.92 Å². The number of rotatable bonds is 11. The topological polar surface area (TPSA) is 120 Å². The summed E-state index contributed by atoms with van der Waals surface area (Å²) in [6.07, 6.45) is 1.69. The predicted octanol–water partition coefficient (Wildman–Crippen LogP) is 5.79. The van der Waals surface area contributed by atoms with Crippen LogP contribution in [0.3, 0.4) is 0 Å². The number of aliphatic hydroxyl groups excluding tert-OH is 1. The van der Waals surface area contributed by atoms with E-state index >= 15 is 0 Å². The molecule has 0 aliphatic carbocycles. The Morgan fingerprint density at radius 3 is 2.33 bits per heavy atom. The lowest BCUT2D eigenvalue weighted by Gasteiger charge is -2.41. The molecule has 2 N–H and O–H groups in total. The molecule has 1 aromatic heterocycles. The lowest BCUT2D eigenvalue weighted by atomic mass is 9.91. The zero-order chi connectivity index (χ0) is 31.8. The van der Waals surface area contributed by atoms with E-state index < -0.39 is 18.4 Å². The Morgan fingerprint density at radius 2 is 1.64 bits per heavy atom. The van der Waals surface area contributed by atoms with E-state index in [-0.39, 0.29) is 30.6 Å². The van der Waals surface area contributed by atoms with E-state index in [1.807, 2.05) is 72.8 Å². The van der Waals surface area contributed by atoms with Crippen molar-refractivity contribution >= 4 is 23.6 Å². The van der Waals surface area contributed by atoms with Gasteiger partial charge in [0, 0.05) is 43.1 Å². The highest BCUT2D eigenvalue weighted by Crippen LogP contribution is 2.43. The quantitative estimate of drug-likeness (QED) is 0.121. The number of nitrogens with one attached hydrogen (secondary N) is 1. The zero-order valence-corrected chi connectivity index (χ0v) is 26.3. The third-order valence-electron chi connectivity index (χ3n) is 7.66. The fourth-order valence-corrected chi connectivity index (χ4v) is 6.12. The zero-order valence-electron chi connectivity index (χ0n) is 25.5. The van der Waals surface area contributed by atoms with Gasteiger partial charge < -0.3 is 24.6 Å². The number of carbonyl (C=O) groups is 2. The van der Waals surface area contributed by atoms with Crippen LogP contribution < -0.4 is 5.32 Å². The number of benzene rings is 3. The average Bonchev–Trinajstić information content (AvgIpc) is 3.07. The molecule has 1 amide bonds. The summed E-state index contributed by atoms with van der Waals surface area (Å²) in [4.78, 5) is 32.1. The molecule has 2 heterocycles. The van der Waals surface area contributed by atoms with Crippen LogP contribution in [0.15, 0.2) is 96.4 Å². The van der Waals surface area contributed by atoms with Crippen LogP contribution in [-0.4, -0.2) is 44.9 Å². The maximum Gasteiger partial charge on any atom is 0.303 e. The van der Waals surface area contributed by atoms with Gasteiger partial charge in [-0.15, -0.1) is 0 Å². The molecule has 5 rings (SSSR count). The fraction of sp³-hybridized carbons (Fsp3) is 0.314. The van der Waals surface area contributed by atoms with Crippen molar-refractivity contribution in [3.63, 3.8) is 0 Å². The highest BCUT2D eigenvalue weighted by atomic mass is 32.2. The van der Waals surface area contributed by atoms with Crippen molar-refractivity contribution in [1.82, 2.24) is 15.3 Å². The summed E-state index contributed by atoms with van der Waals surface area (Å²) in [6, 6.07) is 25.7. The minimum absolute atomic E-state index is 0.0113. The molecule has 9 nitrogen and oxygen atoms in total. The van der Waals surface area contributed by atoms with Gasteiger partial charge in [0.05, 0.1) is 18.8 Å². The molecule has 0 bridgehead atoms. The molecule has 0 saturated carbocycles. The fourth-order valence-electron chi connectivity index (χ4n) is 5.16. The van der Waals surface area contributed by atoms with Crippen molar-refractivity contribution in [2.75, 3.05) is 5.75 Å². The summed E-state index contributed by atoms with van der Waals surface area (Å²) < 4.78 is 18.1. The van der Waals surface area contributed by atoms with Crippen molar-refractivity contribution in [3.05, 3.63) is 114 Å². The van der Waals surface area contributed by atoms with Crippen molar-refractivity contribution < 1.29 is 28.9 Å². The number of nitrogens with zero attached hydrogens (tertiary/aromatic N) is 2. The first-order valence-corrected chi connectivity index (χ1v) is 15.8. The van der Waals surface area contributed by atoms with Crippen LogP contribution in [0.2, 0.25) is 0 Å². The number of hydrogen-bond donors (Lipinski definition) is 2. The monoisotopic (exact) mass is 627 g/mol. The van der Waals surface area contributed by atoms with Gasteiger partial charge in [-0.25, -0.2) is 9.97 Å². The maximum absolute atomic E-state index is 12.3. The first kappa shape index (κ1) is 32.3. The van der Waals surface area contributed by atoms with Crippen LogP contribution in [0.25, 0.3) is 11.1 Å². The lowest BCUT2D eigenvalue weighted by Crippen LogP contribution is -2.38. The van der Waals surface area contributed by atoms with E-state index in [0.29, 0.717) is 17.5 Å². The van der Waals surface area contributed by atoms with Crippen molar-refractivity contribution in [2.24, 2.45) is 5.92 Å². The van der Waals surface area contributed by atoms with E-state index in [0.717, 1.165) is 33.4 Å². The molecule has 3 aromatic carbocycles. The standard InChI is InChI=1S/C35H37N3O6S/c1-22-31(21-45-35-36-16-5-17-37-35)43-34(44-32(22)28-10-8-25(20-39)9-11-28)29-14-12-27(13-15-29)30-7-4-6-26(18-30)19-38-33(41)23(2)42-24(3)40/h4-18,22-23,31-32,34,39H,19-21H2,1-3H3,(H,38,41)/t22-,23+,31+,32+,34+/m1/s1.